The van der Waals surface area contributed by atoms with Gasteiger partial charge in [0, 0.05) is 32.9 Å². The van der Waals surface area contributed by atoms with Crippen LogP contribution in [0, 0.1) is 0 Å². The normalized spacial score (nSPS) is 11.0. The number of rotatable bonds is 40. The lowest BCUT2D eigenvalue weighted by Gasteiger charge is -2.22. The summed E-state index contributed by atoms with van der Waals surface area (Å²) >= 11 is 0. The first kappa shape index (κ1) is 49.7. The molecule has 0 saturated heterocycles. The maximum absolute atomic E-state index is 12.2. The smallest absolute Gasteiger partial charge is 0.305 e. The van der Waals surface area contributed by atoms with E-state index in [1.807, 2.05) is 0 Å². The van der Waals surface area contributed by atoms with Gasteiger partial charge in [-0.3, -0.25) is 4.79 Å². The molecule has 292 valence electrons. The Morgan fingerprint density at radius 3 is 1.20 bits per heavy atom. The van der Waals surface area contributed by atoms with Crippen molar-refractivity contribution in [1.29, 1.82) is 0 Å². The number of aliphatic hydroxyl groups excluding tert-OH is 1. The van der Waals surface area contributed by atoms with Crippen LogP contribution in [0.1, 0.15) is 226 Å². The monoisotopic (exact) mass is 696 g/mol. The standard InChI is InChI=1S/C42H81NO4.CH4O/c1-4-6-8-10-12-14-16-18-20-22-24-26-28-30-32-35-41(3)47-43(37-34-39-44)38-40-46-42(45)36-33-31-29-27-25-23-21-19-17-15-13-11-9-7-5-2;1-2/h39H,3-38,40H2,1-2H3;2H,1H3. The minimum Gasteiger partial charge on any atom is -0.464 e. The number of nitrogens with zero attached hydrogens (tertiary/aromatic N) is 1. The van der Waals surface area contributed by atoms with Crippen molar-refractivity contribution in [2.75, 3.05) is 26.8 Å². The molecule has 0 fully saturated rings. The Morgan fingerprint density at radius 2 is 0.857 bits per heavy atom. The van der Waals surface area contributed by atoms with Crippen LogP contribution in [0.2, 0.25) is 0 Å². The molecule has 6 nitrogen and oxygen atoms in total. The molecule has 0 heterocycles. The highest BCUT2D eigenvalue weighted by atomic mass is 16.7. The highest BCUT2D eigenvalue weighted by molar-refractivity contribution is 5.69. The molecule has 0 aromatic heterocycles. The molecule has 0 radical (unpaired) electrons. The summed E-state index contributed by atoms with van der Waals surface area (Å²) in [6.07, 6.45) is 42.6. The molecule has 0 saturated carbocycles. The molecule has 1 N–H and O–H groups in total. The molecule has 0 atom stereocenters. The molecular formula is C43H85NO5. The number of hydroxylamine groups is 2. The second-order valence-electron chi connectivity index (χ2n) is 14.1. The van der Waals surface area contributed by atoms with Gasteiger partial charge in [-0.25, -0.2) is 0 Å². The number of ether oxygens (including phenoxy) is 1. The number of carbonyl (C=O) groups excluding carboxylic acids is 2. The van der Waals surface area contributed by atoms with E-state index in [0.29, 0.717) is 25.9 Å². The van der Waals surface area contributed by atoms with Crippen LogP contribution in [0.5, 0.6) is 0 Å². The summed E-state index contributed by atoms with van der Waals surface area (Å²) in [6, 6.07) is 0. The SMILES string of the molecule is C=C(CCCCCCCCCCCCCCCCC)ON(CCC=O)CCOC(=O)CCCCCCCCCCCCCCCCC.CO. The highest BCUT2D eigenvalue weighted by Crippen LogP contribution is 2.17. The van der Waals surface area contributed by atoms with Crippen LogP contribution >= 0.6 is 0 Å². The van der Waals surface area contributed by atoms with Crippen molar-refractivity contribution in [2.24, 2.45) is 0 Å². The maximum atomic E-state index is 12.2. The second-order valence-corrected chi connectivity index (χ2v) is 14.1. The number of aliphatic hydroxyl groups is 1. The zero-order chi connectivity index (χ0) is 36.3. The van der Waals surface area contributed by atoms with Gasteiger partial charge in [-0.05, 0) is 12.8 Å². The average Bonchev–Trinajstić information content (AvgIpc) is 3.11. The van der Waals surface area contributed by atoms with E-state index in [4.69, 9.17) is 14.7 Å². The fourth-order valence-corrected chi connectivity index (χ4v) is 6.30. The fraction of sp³-hybridized carbons (Fsp3) is 0.907. The summed E-state index contributed by atoms with van der Waals surface area (Å²) < 4.78 is 5.47. The van der Waals surface area contributed by atoms with Crippen molar-refractivity contribution in [3.63, 3.8) is 0 Å². The molecule has 49 heavy (non-hydrogen) atoms. The van der Waals surface area contributed by atoms with Gasteiger partial charge in [0.1, 0.15) is 18.7 Å². The molecule has 0 aliphatic rings. The van der Waals surface area contributed by atoms with Crippen molar-refractivity contribution in [3.8, 4) is 0 Å². The molecule has 0 aliphatic carbocycles. The van der Waals surface area contributed by atoms with Crippen molar-refractivity contribution in [2.45, 2.75) is 226 Å². The maximum Gasteiger partial charge on any atom is 0.305 e. The largest absolute Gasteiger partial charge is 0.464 e. The minimum absolute atomic E-state index is 0.133. The zero-order valence-corrected chi connectivity index (χ0v) is 33.3. The number of unbranched alkanes of at least 4 members (excludes halogenated alkanes) is 28. The van der Waals surface area contributed by atoms with Crippen LogP contribution in [0.15, 0.2) is 12.3 Å². The van der Waals surface area contributed by atoms with Crippen LogP contribution in [0.3, 0.4) is 0 Å². The third kappa shape index (κ3) is 42.7. The quantitative estimate of drug-likeness (QED) is 0.0226. The predicted octanol–water partition coefficient (Wildman–Crippen LogP) is 13.0. The number of allylic oxidation sites excluding steroid dienone is 1. The Hall–Kier alpha value is -1.40. The Kier molecular flexibility index (Phi) is 45.3. The highest BCUT2D eigenvalue weighted by Gasteiger charge is 2.10. The van der Waals surface area contributed by atoms with E-state index in [1.165, 1.54) is 173 Å². The molecular weight excluding hydrogens is 610 g/mol. The molecule has 0 spiro atoms. The Balaban J connectivity index is 0. The first-order valence-electron chi connectivity index (χ1n) is 21.3. The molecule has 0 rings (SSSR count). The van der Waals surface area contributed by atoms with E-state index < -0.39 is 0 Å². The average molecular weight is 696 g/mol. The van der Waals surface area contributed by atoms with Crippen molar-refractivity contribution < 1.29 is 24.3 Å². The molecule has 0 aromatic carbocycles. The third-order valence-corrected chi connectivity index (χ3v) is 9.40. The lowest BCUT2D eigenvalue weighted by atomic mass is 10.0. The van der Waals surface area contributed by atoms with Crippen LogP contribution in [0.25, 0.3) is 0 Å². The molecule has 0 bridgehead atoms. The van der Waals surface area contributed by atoms with E-state index in [9.17, 15) is 9.59 Å². The van der Waals surface area contributed by atoms with Crippen molar-refractivity contribution in [3.05, 3.63) is 12.3 Å². The minimum atomic E-state index is -0.133. The van der Waals surface area contributed by atoms with Gasteiger partial charge in [0.25, 0.3) is 0 Å². The van der Waals surface area contributed by atoms with Gasteiger partial charge in [-0.1, -0.05) is 200 Å². The number of carbonyl (C=O) groups is 2. The van der Waals surface area contributed by atoms with Gasteiger partial charge < -0.3 is 19.5 Å². The molecule has 0 amide bonds. The molecule has 0 aromatic rings. The molecule has 6 heteroatoms. The van der Waals surface area contributed by atoms with Gasteiger partial charge >= 0.3 is 5.97 Å². The number of hydrogen-bond donors (Lipinski definition) is 1. The summed E-state index contributed by atoms with van der Waals surface area (Å²) in [5.74, 6) is 0.599. The Labute approximate surface area is 305 Å². The molecule has 0 unspecified atom stereocenters. The number of hydrogen-bond acceptors (Lipinski definition) is 6. The first-order valence-corrected chi connectivity index (χ1v) is 21.3. The van der Waals surface area contributed by atoms with Crippen LogP contribution < -0.4 is 0 Å². The van der Waals surface area contributed by atoms with Crippen molar-refractivity contribution >= 4 is 12.3 Å². The van der Waals surface area contributed by atoms with Gasteiger partial charge in [-0.2, -0.15) is 0 Å². The number of aldehydes is 1. The lowest BCUT2D eigenvalue weighted by Crippen LogP contribution is -2.29. The second kappa shape index (κ2) is 44.6. The van der Waals surface area contributed by atoms with Gasteiger partial charge in [0.15, 0.2) is 0 Å². The topological polar surface area (TPSA) is 76.1 Å². The first-order chi connectivity index (χ1) is 24.1. The van der Waals surface area contributed by atoms with Crippen molar-refractivity contribution in [1.82, 2.24) is 5.06 Å². The van der Waals surface area contributed by atoms with E-state index in [1.54, 1.807) is 5.06 Å². The summed E-state index contributed by atoms with van der Waals surface area (Å²) in [7, 11) is 1.00. The molecule has 0 aliphatic heterocycles. The Morgan fingerprint density at radius 1 is 0.531 bits per heavy atom. The van der Waals surface area contributed by atoms with Crippen LogP contribution in [0.4, 0.5) is 0 Å². The van der Waals surface area contributed by atoms with Gasteiger partial charge in [0.05, 0.1) is 6.54 Å². The number of esters is 1. The zero-order valence-electron chi connectivity index (χ0n) is 33.3. The summed E-state index contributed by atoms with van der Waals surface area (Å²) in [6.45, 7) is 9.87. The van der Waals surface area contributed by atoms with E-state index in [-0.39, 0.29) is 12.6 Å². The summed E-state index contributed by atoms with van der Waals surface area (Å²) in [5, 5.41) is 8.73. The van der Waals surface area contributed by atoms with Crippen LogP contribution in [-0.2, 0) is 19.2 Å². The Bertz CT molecular complexity index is 671. The summed E-state index contributed by atoms with van der Waals surface area (Å²) in [4.78, 5) is 29.1. The van der Waals surface area contributed by atoms with E-state index in [0.717, 1.165) is 44.8 Å². The summed E-state index contributed by atoms with van der Waals surface area (Å²) in [5.41, 5.74) is 0. The third-order valence-electron chi connectivity index (χ3n) is 9.40. The van der Waals surface area contributed by atoms with Gasteiger partial charge in [0.2, 0.25) is 0 Å². The lowest BCUT2D eigenvalue weighted by molar-refractivity contribution is -0.154. The van der Waals surface area contributed by atoms with Crippen LogP contribution in [-0.4, -0.2) is 49.2 Å². The van der Waals surface area contributed by atoms with E-state index >= 15 is 0 Å². The predicted molar refractivity (Wildman–Crippen MR) is 211 cm³/mol. The van der Waals surface area contributed by atoms with E-state index in [2.05, 4.69) is 20.4 Å². The fourth-order valence-electron chi connectivity index (χ4n) is 6.30. The van der Waals surface area contributed by atoms with Gasteiger partial charge in [-0.15, -0.1) is 5.06 Å².